The van der Waals surface area contributed by atoms with Crippen LogP contribution in [0.4, 0.5) is 5.69 Å². The molecule has 1 fully saturated rings. The molecule has 0 saturated carbocycles. The molecule has 0 spiro atoms. The summed E-state index contributed by atoms with van der Waals surface area (Å²) in [5, 5.41) is 2.00. The number of carbonyl (C=O) groups is 4. The number of halogens is 1. The van der Waals surface area contributed by atoms with Gasteiger partial charge in [-0.15, -0.1) is 11.6 Å². The highest BCUT2D eigenvalue weighted by molar-refractivity contribution is 6.22. The lowest BCUT2D eigenvalue weighted by molar-refractivity contribution is -0.280. The van der Waals surface area contributed by atoms with Gasteiger partial charge in [-0.3, -0.25) is 19.2 Å². The fourth-order valence-corrected chi connectivity index (χ4v) is 7.22. The van der Waals surface area contributed by atoms with Crippen molar-refractivity contribution in [1.82, 2.24) is 9.88 Å². The molecule has 0 radical (unpaired) electrons. The summed E-state index contributed by atoms with van der Waals surface area (Å²) >= 11 is 6.82. The maximum atomic E-state index is 14.4. The summed E-state index contributed by atoms with van der Waals surface area (Å²) in [5.41, 5.74) is 2.65. The molecule has 14 heteroatoms. The topological polar surface area (TPSA) is 146 Å². The Morgan fingerprint density at radius 3 is 2.25 bits per heavy atom. The Morgan fingerprint density at radius 2 is 1.58 bits per heavy atom. The van der Waals surface area contributed by atoms with Crippen LogP contribution >= 0.6 is 11.6 Å². The number of nitrogens with zero attached hydrogens (tertiary/aromatic N) is 2. The van der Waals surface area contributed by atoms with Crippen molar-refractivity contribution in [2.45, 2.75) is 76.6 Å². The number of H-pyrrole nitrogens is 1. The van der Waals surface area contributed by atoms with E-state index in [4.69, 9.17) is 40.0 Å². The van der Waals surface area contributed by atoms with Crippen LogP contribution in [0.15, 0.2) is 54.6 Å². The number of hydrogen-bond acceptors (Lipinski definition) is 11. The lowest BCUT2D eigenvalue weighted by atomic mass is 9.92. The highest BCUT2D eigenvalue weighted by Crippen LogP contribution is 2.48. The van der Waals surface area contributed by atoms with Gasteiger partial charge in [-0.05, 0) is 63.2 Å². The first-order valence-corrected chi connectivity index (χ1v) is 17.9. The largest absolute Gasteiger partial charge is 0.492 e. The fourth-order valence-electron chi connectivity index (χ4n) is 7.01. The van der Waals surface area contributed by atoms with Crippen molar-refractivity contribution in [3.05, 3.63) is 65.9 Å². The Morgan fingerprint density at radius 1 is 0.925 bits per heavy atom. The number of aromatic nitrogens is 1. The minimum atomic E-state index is -1.32. The Bertz CT molecular complexity index is 2030. The number of likely N-dealkylation sites (N-methyl/N-ethyl adjacent to an activating group) is 1. The molecule has 7 atom stereocenters. The zero-order chi connectivity index (χ0) is 38.1. The molecule has 2 unspecified atom stereocenters. The number of ether oxygens (including phenoxy) is 6. The molecule has 6 rings (SSSR count). The number of fused-ring (bicyclic) bond motifs is 4. The Labute approximate surface area is 312 Å². The molecule has 1 N–H and O–H groups in total. The van der Waals surface area contributed by atoms with Gasteiger partial charge in [0, 0.05) is 67.5 Å². The summed E-state index contributed by atoms with van der Waals surface area (Å²) in [4.78, 5) is 58.0. The first kappa shape index (κ1) is 37.9. The van der Waals surface area contributed by atoms with Crippen molar-refractivity contribution >= 4 is 62.8 Å². The number of hydrogen-bond donors (Lipinski definition) is 1. The summed E-state index contributed by atoms with van der Waals surface area (Å²) < 4.78 is 35.4. The normalized spacial score (nSPS) is 23.1. The second-order valence-corrected chi connectivity index (χ2v) is 14.4. The van der Waals surface area contributed by atoms with E-state index in [0.29, 0.717) is 41.4 Å². The highest BCUT2D eigenvalue weighted by atomic mass is 35.5. The van der Waals surface area contributed by atoms with Crippen LogP contribution in [0.5, 0.6) is 11.5 Å². The smallest absolute Gasteiger partial charge is 0.303 e. The molecule has 3 aromatic carbocycles. The standard InChI is InChI=1S/C39H44ClN3O10/c1-20(40)29-19-43(38(47)31-17-25-16-26(12-13-30(25)41-31)48-15-14-42(6)7)32-18-33(27-10-8-9-11-28(27)34(29)32)53-39-37(52-24(5)46)36(51-23(4)45)35(21(2)49-39)50-22(3)44/h8-13,16-18,20-21,29,35-37,39,41H,14-15,19H2,1-7H3/t20?,21-,29?,35-,36+,37+,39-/m0/s1. The molecule has 1 saturated heterocycles. The Kier molecular flexibility index (Phi) is 11.2. The van der Waals surface area contributed by atoms with Gasteiger partial charge in [-0.2, -0.15) is 0 Å². The van der Waals surface area contributed by atoms with E-state index in [1.54, 1.807) is 17.9 Å². The maximum Gasteiger partial charge on any atom is 0.303 e. The third kappa shape index (κ3) is 8.07. The minimum absolute atomic E-state index is 0.215. The zero-order valence-electron chi connectivity index (χ0n) is 30.7. The molecule has 3 heterocycles. The van der Waals surface area contributed by atoms with Gasteiger partial charge in [0.1, 0.15) is 23.8 Å². The Hall–Kier alpha value is -4.85. The van der Waals surface area contributed by atoms with Crippen molar-refractivity contribution in [3.63, 3.8) is 0 Å². The van der Waals surface area contributed by atoms with Gasteiger partial charge in [0.05, 0.1) is 11.8 Å². The second-order valence-electron chi connectivity index (χ2n) is 13.7. The molecule has 1 aromatic heterocycles. The second kappa shape index (κ2) is 15.6. The van der Waals surface area contributed by atoms with Crippen LogP contribution in [-0.4, -0.2) is 104 Å². The first-order chi connectivity index (χ1) is 25.2. The molecular weight excluding hydrogens is 706 g/mol. The van der Waals surface area contributed by atoms with Crippen LogP contribution in [-0.2, 0) is 33.3 Å². The molecule has 2 aliphatic heterocycles. The zero-order valence-corrected chi connectivity index (χ0v) is 31.5. The molecule has 53 heavy (non-hydrogen) atoms. The molecule has 0 aliphatic carbocycles. The van der Waals surface area contributed by atoms with Crippen molar-refractivity contribution in [2.75, 3.05) is 38.7 Å². The van der Waals surface area contributed by atoms with E-state index in [1.807, 2.05) is 74.4 Å². The van der Waals surface area contributed by atoms with Crippen molar-refractivity contribution in [3.8, 4) is 11.5 Å². The average molecular weight is 750 g/mol. The predicted molar refractivity (Wildman–Crippen MR) is 198 cm³/mol. The van der Waals surface area contributed by atoms with Gasteiger partial charge in [-0.1, -0.05) is 24.3 Å². The Balaban J connectivity index is 1.39. The van der Waals surface area contributed by atoms with Gasteiger partial charge in [0.15, 0.2) is 12.2 Å². The van der Waals surface area contributed by atoms with Crippen LogP contribution in [0.1, 0.15) is 56.6 Å². The molecule has 282 valence electrons. The van der Waals surface area contributed by atoms with Crippen molar-refractivity contribution in [2.24, 2.45) is 0 Å². The number of rotatable bonds is 11. The lowest BCUT2D eigenvalue weighted by Gasteiger charge is -2.43. The molecule has 1 amide bonds. The highest BCUT2D eigenvalue weighted by Gasteiger charge is 2.52. The number of esters is 3. The van der Waals surface area contributed by atoms with Crippen LogP contribution in [0.2, 0.25) is 0 Å². The number of nitrogens with one attached hydrogen (secondary N) is 1. The van der Waals surface area contributed by atoms with Crippen molar-refractivity contribution in [1.29, 1.82) is 0 Å². The lowest BCUT2D eigenvalue weighted by Crippen LogP contribution is -2.62. The average Bonchev–Trinajstić information content (AvgIpc) is 3.69. The molecule has 0 bridgehead atoms. The fraction of sp³-hybridized carbons (Fsp3) is 0.436. The van der Waals surface area contributed by atoms with E-state index in [9.17, 15) is 19.2 Å². The van der Waals surface area contributed by atoms with Gasteiger partial charge < -0.3 is 43.2 Å². The number of anilines is 1. The molecule has 4 aromatic rings. The van der Waals surface area contributed by atoms with E-state index < -0.39 is 48.6 Å². The van der Waals surface area contributed by atoms with Crippen molar-refractivity contribution < 1.29 is 47.6 Å². The van der Waals surface area contributed by atoms with Crippen LogP contribution in [0.25, 0.3) is 21.7 Å². The minimum Gasteiger partial charge on any atom is -0.492 e. The molecule has 2 aliphatic rings. The third-order valence-corrected chi connectivity index (χ3v) is 9.68. The molecule has 13 nitrogen and oxygen atoms in total. The van der Waals surface area contributed by atoms with Crippen LogP contribution in [0, 0.1) is 0 Å². The van der Waals surface area contributed by atoms with Gasteiger partial charge in [-0.25, -0.2) is 0 Å². The number of benzene rings is 3. The molecular formula is C39H44ClN3O10. The van der Waals surface area contributed by atoms with E-state index in [2.05, 4.69) is 4.98 Å². The van der Waals surface area contributed by atoms with E-state index in [-0.39, 0.29) is 17.2 Å². The number of carbonyl (C=O) groups excluding carboxylic acids is 4. The third-order valence-electron chi connectivity index (χ3n) is 9.37. The van der Waals surface area contributed by atoms with Gasteiger partial charge >= 0.3 is 17.9 Å². The van der Waals surface area contributed by atoms with Crippen LogP contribution < -0.4 is 14.4 Å². The summed E-state index contributed by atoms with van der Waals surface area (Å²) in [6.45, 7) is 8.76. The van der Waals surface area contributed by atoms with Crippen LogP contribution in [0.3, 0.4) is 0 Å². The summed E-state index contributed by atoms with van der Waals surface area (Å²) in [6.07, 6.45) is -5.78. The first-order valence-electron chi connectivity index (χ1n) is 17.5. The van der Waals surface area contributed by atoms with E-state index in [1.165, 1.54) is 20.8 Å². The monoisotopic (exact) mass is 749 g/mol. The summed E-state index contributed by atoms with van der Waals surface area (Å²) in [7, 11) is 3.96. The number of alkyl halides is 1. The SMILES string of the molecule is CC(=O)O[C@@H]1[C@@H](OC(C)=O)[C@H](C)O[C@@H](Oc2cc3c(c4ccccc24)C(C(C)Cl)CN3C(=O)c2cc3cc(OCCN(C)C)ccc3[nH]2)[C@@H]1OC(C)=O. The van der Waals surface area contributed by atoms with E-state index >= 15 is 0 Å². The summed E-state index contributed by atoms with van der Waals surface area (Å²) in [6, 6.07) is 16.8. The van der Waals surface area contributed by atoms with E-state index in [0.717, 1.165) is 28.4 Å². The summed E-state index contributed by atoms with van der Waals surface area (Å²) in [5.74, 6) is -1.47. The maximum absolute atomic E-state index is 14.4. The predicted octanol–water partition coefficient (Wildman–Crippen LogP) is 5.55. The number of amides is 1. The van der Waals surface area contributed by atoms with Gasteiger partial charge in [0.2, 0.25) is 12.4 Å². The number of aromatic amines is 1. The quantitative estimate of drug-likeness (QED) is 0.117. The van der Waals surface area contributed by atoms with Gasteiger partial charge in [0.25, 0.3) is 5.91 Å².